The number of imide groups is 1. The number of rotatable bonds is 3. The molecule has 4 nitrogen and oxygen atoms in total. The molecule has 2 N–H and O–H groups in total. The van der Waals surface area contributed by atoms with Gasteiger partial charge < -0.3 is 5.11 Å². The van der Waals surface area contributed by atoms with Crippen LogP contribution in [-0.4, -0.2) is 22.5 Å². The Bertz CT molecular complexity index is 302. The van der Waals surface area contributed by atoms with Crippen LogP contribution in [0.25, 0.3) is 0 Å². The van der Waals surface area contributed by atoms with Gasteiger partial charge in [-0.15, -0.1) is 0 Å². The summed E-state index contributed by atoms with van der Waals surface area (Å²) < 4.78 is 0. The minimum absolute atomic E-state index is 0.0342. The average Bonchev–Trinajstić information content (AvgIpc) is 2.29. The molecule has 0 aromatic carbocycles. The van der Waals surface area contributed by atoms with E-state index in [1.165, 1.54) is 6.08 Å². The Morgan fingerprint density at radius 3 is 2.43 bits per heavy atom. The number of amides is 2. The normalized spacial score (nSPS) is 20.8. The second-order valence-corrected chi connectivity index (χ2v) is 4.18. The maximum absolute atomic E-state index is 11.2. The van der Waals surface area contributed by atoms with Crippen LogP contribution in [-0.2, 0) is 9.59 Å². The van der Waals surface area contributed by atoms with Crippen molar-refractivity contribution in [2.75, 3.05) is 0 Å². The van der Waals surface area contributed by atoms with Crippen LogP contribution in [0.5, 0.6) is 0 Å². The number of carbonyl (C=O) groups excluding carboxylic acids is 2. The first-order chi connectivity index (χ1) is 6.33. The zero-order chi connectivity index (χ0) is 10.9. The monoisotopic (exact) mass is 197 g/mol. The van der Waals surface area contributed by atoms with Crippen molar-refractivity contribution in [2.45, 2.75) is 32.8 Å². The summed E-state index contributed by atoms with van der Waals surface area (Å²) in [6, 6.07) is 0. The maximum atomic E-state index is 11.2. The average molecular weight is 197 g/mol. The Morgan fingerprint density at radius 2 is 2.07 bits per heavy atom. The highest BCUT2D eigenvalue weighted by molar-refractivity contribution is 6.16. The van der Waals surface area contributed by atoms with Crippen molar-refractivity contribution in [3.8, 4) is 0 Å². The molecular formula is C10H15NO3. The molecule has 1 heterocycles. The number of hydrogen-bond acceptors (Lipinski definition) is 3. The molecule has 0 aromatic rings. The summed E-state index contributed by atoms with van der Waals surface area (Å²) in [6.45, 7) is 5.40. The fourth-order valence-electron chi connectivity index (χ4n) is 1.17. The lowest BCUT2D eigenvalue weighted by molar-refractivity contribution is -0.124. The van der Waals surface area contributed by atoms with Gasteiger partial charge in [0.15, 0.2) is 0 Å². The molecule has 0 saturated heterocycles. The summed E-state index contributed by atoms with van der Waals surface area (Å²) >= 11 is 0. The van der Waals surface area contributed by atoms with E-state index in [-0.39, 0.29) is 12.3 Å². The predicted octanol–water partition coefficient (Wildman–Crippen LogP) is 0.366. The van der Waals surface area contributed by atoms with Crippen LogP contribution in [0.1, 0.15) is 27.2 Å². The van der Waals surface area contributed by atoms with Crippen molar-refractivity contribution in [2.24, 2.45) is 5.92 Å². The van der Waals surface area contributed by atoms with Gasteiger partial charge in [0.1, 0.15) is 0 Å². The SMILES string of the molecule is CC(C)C(C)(O)CC1=CC(=O)NC1=O. The van der Waals surface area contributed by atoms with Gasteiger partial charge in [-0.05, 0) is 12.8 Å². The van der Waals surface area contributed by atoms with Crippen molar-refractivity contribution < 1.29 is 14.7 Å². The number of carbonyl (C=O) groups is 2. The molecule has 14 heavy (non-hydrogen) atoms. The van der Waals surface area contributed by atoms with Crippen LogP contribution >= 0.6 is 0 Å². The second-order valence-electron chi connectivity index (χ2n) is 4.18. The molecule has 78 valence electrons. The van der Waals surface area contributed by atoms with Gasteiger partial charge in [-0.25, -0.2) is 0 Å². The van der Waals surface area contributed by atoms with Crippen LogP contribution in [0.4, 0.5) is 0 Å². The van der Waals surface area contributed by atoms with Crippen molar-refractivity contribution in [3.63, 3.8) is 0 Å². The summed E-state index contributed by atoms with van der Waals surface area (Å²) in [5, 5.41) is 12.1. The minimum atomic E-state index is -0.951. The quantitative estimate of drug-likeness (QED) is 0.642. The van der Waals surface area contributed by atoms with E-state index >= 15 is 0 Å². The molecule has 4 heteroatoms. The highest BCUT2D eigenvalue weighted by atomic mass is 16.3. The minimum Gasteiger partial charge on any atom is -0.390 e. The van der Waals surface area contributed by atoms with Crippen LogP contribution in [0.3, 0.4) is 0 Å². The summed E-state index contributed by atoms with van der Waals surface area (Å²) in [5.74, 6) is -0.757. The van der Waals surface area contributed by atoms with Crippen LogP contribution in [0.2, 0.25) is 0 Å². The van der Waals surface area contributed by atoms with Crippen LogP contribution in [0, 0.1) is 5.92 Å². The Balaban J connectivity index is 2.74. The summed E-state index contributed by atoms with van der Waals surface area (Å²) in [6.07, 6.45) is 1.46. The van der Waals surface area contributed by atoms with Gasteiger partial charge in [0.25, 0.3) is 11.8 Å². The molecule has 0 fully saturated rings. The summed E-state index contributed by atoms with van der Waals surface area (Å²) in [4.78, 5) is 22.0. The highest BCUT2D eigenvalue weighted by Crippen LogP contribution is 2.25. The van der Waals surface area contributed by atoms with Crippen molar-refractivity contribution >= 4 is 11.8 Å². The van der Waals surface area contributed by atoms with Crippen molar-refractivity contribution in [1.82, 2.24) is 5.32 Å². The maximum Gasteiger partial charge on any atom is 0.254 e. The molecule has 0 aliphatic carbocycles. The fourth-order valence-corrected chi connectivity index (χ4v) is 1.17. The predicted molar refractivity (Wildman–Crippen MR) is 51.3 cm³/mol. The van der Waals surface area contributed by atoms with E-state index in [1.807, 2.05) is 13.8 Å². The molecule has 2 amide bonds. The van der Waals surface area contributed by atoms with Crippen LogP contribution in [0.15, 0.2) is 11.6 Å². The molecule has 0 aromatic heterocycles. The van der Waals surface area contributed by atoms with Crippen LogP contribution < -0.4 is 5.32 Å². The molecular weight excluding hydrogens is 182 g/mol. The Morgan fingerprint density at radius 1 is 1.50 bits per heavy atom. The smallest absolute Gasteiger partial charge is 0.254 e. The molecule has 1 unspecified atom stereocenters. The molecule has 0 radical (unpaired) electrons. The van der Waals surface area contributed by atoms with E-state index in [4.69, 9.17) is 0 Å². The van der Waals surface area contributed by atoms with E-state index in [1.54, 1.807) is 6.92 Å². The third-order valence-corrected chi connectivity index (χ3v) is 2.63. The fraction of sp³-hybridized carbons (Fsp3) is 0.600. The standard InChI is InChI=1S/C10H15NO3/c1-6(2)10(3,14)5-7-4-8(12)11-9(7)13/h4,6,14H,5H2,1-3H3,(H,11,12,13). The Labute approximate surface area is 83.0 Å². The third-order valence-electron chi connectivity index (χ3n) is 2.63. The van der Waals surface area contributed by atoms with Crippen molar-refractivity contribution in [3.05, 3.63) is 11.6 Å². The lowest BCUT2D eigenvalue weighted by Crippen LogP contribution is -2.33. The van der Waals surface area contributed by atoms with Gasteiger partial charge in [-0.3, -0.25) is 14.9 Å². The third kappa shape index (κ3) is 2.20. The Hall–Kier alpha value is -1.16. The van der Waals surface area contributed by atoms with Gasteiger partial charge in [-0.1, -0.05) is 13.8 Å². The first-order valence-corrected chi connectivity index (χ1v) is 4.61. The molecule has 0 spiro atoms. The first-order valence-electron chi connectivity index (χ1n) is 4.61. The largest absolute Gasteiger partial charge is 0.390 e. The molecule has 1 aliphatic rings. The zero-order valence-corrected chi connectivity index (χ0v) is 8.63. The van der Waals surface area contributed by atoms with Gasteiger partial charge >= 0.3 is 0 Å². The number of aliphatic hydroxyl groups is 1. The topological polar surface area (TPSA) is 66.4 Å². The highest BCUT2D eigenvalue weighted by Gasteiger charge is 2.31. The Kier molecular flexibility index (Phi) is 2.76. The summed E-state index contributed by atoms with van der Waals surface area (Å²) in [5.41, 5.74) is -0.595. The van der Waals surface area contributed by atoms with Gasteiger partial charge in [0.05, 0.1) is 5.60 Å². The molecule has 1 aliphatic heterocycles. The summed E-state index contributed by atoms with van der Waals surface area (Å²) in [7, 11) is 0. The van der Waals surface area contributed by atoms with Gasteiger partial charge in [-0.2, -0.15) is 0 Å². The molecule has 0 bridgehead atoms. The zero-order valence-electron chi connectivity index (χ0n) is 8.63. The van der Waals surface area contributed by atoms with E-state index in [0.717, 1.165) is 0 Å². The van der Waals surface area contributed by atoms with E-state index in [0.29, 0.717) is 5.57 Å². The van der Waals surface area contributed by atoms with E-state index < -0.39 is 17.4 Å². The lowest BCUT2D eigenvalue weighted by Gasteiger charge is -2.27. The van der Waals surface area contributed by atoms with E-state index in [2.05, 4.69) is 5.32 Å². The second kappa shape index (κ2) is 3.53. The van der Waals surface area contributed by atoms with Crippen molar-refractivity contribution in [1.29, 1.82) is 0 Å². The molecule has 1 rings (SSSR count). The molecule has 0 saturated carbocycles. The molecule has 1 atom stereocenters. The lowest BCUT2D eigenvalue weighted by atomic mass is 9.86. The van der Waals surface area contributed by atoms with Gasteiger partial charge in [0, 0.05) is 18.1 Å². The first kappa shape index (κ1) is 10.9. The van der Waals surface area contributed by atoms with E-state index in [9.17, 15) is 14.7 Å². The number of nitrogens with one attached hydrogen (secondary N) is 1. The van der Waals surface area contributed by atoms with Gasteiger partial charge in [0.2, 0.25) is 0 Å². The number of hydrogen-bond donors (Lipinski definition) is 2.